The van der Waals surface area contributed by atoms with E-state index in [1.807, 2.05) is 51.1 Å². The molecule has 0 spiro atoms. The van der Waals surface area contributed by atoms with Gasteiger partial charge in [0, 0.05) is 32.6 Å². The van der Waals surface area contributed by atoms with E-state index in [-0.39, 0.29) is 35.7 Å². The third-order valence-electron chi connectivity index (χ3n) is 5.90. The van der Waals surface area contributed by atoms with Crippen LogP contribution < -0.4 is 5.32 Å². The van der Waals surface area contributed by atoms with Crippen molar-refractivity contribution in [3.8, 4) is 0 Å². The number of amides is 2. The maximum absolute atomic E-state index is 13.3. The quantitative estimate of drug-likeness (QED) is 0.465. The van der Waals surface area contributed by atoms with Gasteiger partial charge in [-0.05, 0) is 43.9 Å². The van der Waals surface area contributed by atoms with Crippen LogP contribution in [-0.2, 0) is 26.2 Å². The highest BCUT2D eigenvalue weighted by Crippen LogP contribution is 2.17. The molecule has 0 bridgehead atoms. The van der Waals surface area contributed by atoms with E-state index in [1.54, 1.807) is 35.2 Å². The number of hydrogen-bond acceptors (Lipinski definition) is 4. The van der Waals surface area contributed by atoms with E-state index in [4.69, 9.17) is 0 Å². The van der Waals surface area contributed by atoms with Crippen LogP contribution in [0, 0.1) is 0 Å². The molecule has 0 unspecified atom stereocenters. The molecule has 186 valence electrons. The minimum atomic E-state index is -3.61. The molecular formula is C26H37N3O4S. The van der Waals surface area contributed by atoms with E-state index >= 15 is 0 Å². The highest BCUT2D eigenvalue weighted by Gasteiger charge is 2.29. The third kappa shape index (κ3) is 7.67. The van der Waals surface area contributed by atoms with Crippen LogP contribution in [-0.4, -0.2) is 55.1 Å². The van der Waals surface area contributed by atoms with Gasteiger partial charge in [0.15, 0.2) is 0 Å². The number of carbonyl (C=O) groups is 2. The lowest BCUT2D eigenvalue weighted by atomic mass is 10.1. The van der Waals surface area contributed by atoms with Gasteiger partial charge in [0.2, 0.25) is 21.8 Å². The van der Waals surface area contributed by atoms with Crippen LogP contribution in [0.2, 0.25) is 0 Å². The molecular weight excluding hydrogens is 450 g/mol. The van der Waals surface area contributed by atoms with Gasteiger partial charge in [-0.3, -0.25) is 9.59 Å². The van der Waals surface area contributed by atoms with Crippen LogP contribution in [0.25, 0.3) is 0 Å². The summed E-state index contributed by atoms with van der Waals surface area (Å²) in [6.45, 7) is 6.37. The number of benzene rings is 2. The molecule has 0 aliphatic rings. The summed E-state index contributed by atoms with van der Waals surface area (Å²) < 4.78 is 26.7. The highest BCUT2D eigenvalue weighted by molar-refractivity contribution is 7.89. The largest absolute Gasteiger partial charge is 0.352 e. The van der Waals surface area contributed by atoms with Crippen molar-refractivity contribution >= 4 is 21.8 Å². The first kappa shape index (κ1) is 27.5. The van der Waals surface area contributed by atoms with Crippen molar-refractivity contribution in [1.29, 1.82) is 0 Å². The summed E-state index contributed by atoms with van der Waals surface area (Å²) in [5.41, 5.74) is 0.939. The molecule has 0 heterocycles. The SMILES string of the molecule is CC[C@@H](C)NC(=O)[C@H](CC)N(Cc1ccccc1)C(=O)CCCN(C)S(=O)(=O)c1ccccc1. The van der Waals surface area contributed by atoms with Crippen molar-refractivity contribution in [2.24, 2.45) is 0 Å². The minimum absolute atomic E-state index is 0.0204. The van der Waals surface area contributed by atoms with Crippen molar-refractivity contribution in [2.75, 3.05) is 13.6 Å². The van der Waals surface area contributed by atoms with Crippen LogP contribution in [0.4, 0.5) is 0 Å². The molecule has 2 aromatic carbocycles. The van der Waals surface area contributed by atoms with E-state index in [2.05, 4.69) is 5.32 Å². The van der Waals surface area contributed by atoms with Gasteiger partial charge in [-0.2, -0.15) is 0 Å². The smallest absolute Gasteiger partial charge is 0.243 e. The normalized spacial score (nSPS) is 13.3. The van der Waals surface area contributed by atoms with E-state index in [1.165, 1.54) is 11.4 Å². The van der Waals surface area contributed by atoms with Gasteiger partial charge in [-0.25, -0.2) is 12.7 Å². The topological polar surface area (TPSA) is 86.8 Å². The predicted octanol–water partition coefficient (Wildman–Crippen LogP) is 3.81. The molecule has 0 aromatic heterocycles. The fourth-order valence-electron chi connectivity index (χ4n) is 3.63. The van der Waals surface area contributed by atoms with Crippen LogP contribution in [0.3, 0.4) is 0 Å². The fourth-order valence-corrected chi connectivity index (χ4v) is 4.86. The Bertz CT molecular complexity index is 1010. The number of sulfonamides is 1. The first-order valence-corrected chi connectivity index (χ1v) is 13.3. The van der Waals surface area contributed by atoms with Crippen molar-refractivity contribution in [1.82, 2.24) is 14.5 Å². The molecule has 0 saturated heterocycles. The second kappa shape index (κ2) is 13.2. The molecule has 8 heteroatoms. The van der Waals surface area contributed by atoms with Crippen LogP contribution in [0.1, 0.15) is 52.0 Å². The Morgan fingerprint density at radius 3 is 2.09 bits per heavy atom. The summed E-state index contributed by atoms with van der Waals surface area (Å²) in [6.07, 6.45) is 1.80. The van der Waals surface area contributed by atoms with Gasteiger partial charge < -0.3 is 10.2 Å². The lowest BCUT2D eigenvalue weighted by molar-refractivity contribution is -0.141. The van der Waals surface area contributed by atoms with Gasteiger partial charge in [0.05, 0.1) is 4.90 Å². The van der Waals surface area contributed by atoms with E-state index in [9.17, 15) is 18.0 Å². The van der Waals surface area contributed by atoms with Gasteiger partial charge in [0.25, 0.3) is 0 Å². The van der Waals surface area contributed by atoms with Gasteiger partial charge >= 0.3 is 0 Å². The molecule has 2 rings (SSSR count). The number of nitrogens with zero attached hydrogens (tertiary/aromatic N) is 2. The summed E-state index contributed by atoms with van der Waals surface area (Å²) in [6, 6.07) is 17.2. The Morgan fingerprint density at radius 2 is 1.53 bits per heavy atom. The zero-order valence-corrected chi connectivity index (χ0v) is 21.4. The van der Waals surface area contributed by atoms with Crippen LogP contribution in [0.15, 0.2) is 65.6 Å². The summed E-state index contributed by atoms with van der Waals surface area (Å²) in [7, 11) is -2.10. The molecule has 0 saturated carbocycles. The summed E-state index contributed by atoms with van der Waals surface area (Å²) in [5.74, 6) is -0.328. The monoisotopic (exact) mass is 487 g/mol. The second-order valence-electron chi connectivity index (χ2n) is 8.49. The standard InChI is InChI=1S/C26H37N3O4S/c1-5-21(3)27-26(31)24(6-2)29(20-22-14-9-7-10-15-22)25(30)18-13-19-28(4)34(32,33)23-16-11-8-12-17-23/h7-12,14-17,21,24H,5-6,13,18-20H2,1-4H3,(H,27,31)/t21-,24+/m1/s1. The van der Waals surface area contributed by atoms with Gasteiger partial charge in [-0.1, -0.05) is 62.4 Å². The lowest BCUT2D eigenvalue weighted by Crippen LogP contribution is -2.50. The summed E-state index contributed by atoms with van der Waals surface area (Å²) in [5, 5.41) is 2.99. The minimum Gasteiger partial charge on any atom is -0.352 e. The molecule has 1 N–H and O–H groups in total. The van der Waals surface area contributed by atoms with Gasteiger partial charge in [-0.15, -0.1) is 0 Å². The maximum Gasteiger partial charge on any atom is 0.243 e. The highest BCUT2D eigenvalue weighted by atomic mass is 32.2. The molecule has 2 amide bonds. The molecule has 2 aromatic rings. The lowest BCUT2D eigenvalue weighted by Gasteiger charge is -2.31. The molecule has 0 fully saturated rings. The average molecular weight is 488 g/mol. The predicted molar refractivity (Wildman–Crippen MR) is 134 cm³/mol. The van der Waals surface area contributed by atoms with Crippen molar-refractivity contribution in [3.05, 3.63) is 66.2 Å². The molecule has 0 radical (unpaired) electrons. The zero-order valence-electron chi connectivity index (χ0n) is 20.6. The zero-order chi connectivity index (χ0) is 25.1. The number of rotatable bonds is 13. The van der Waals surface area contributed by atoms with Crippen molar-refractivity contribution < 1.29 is 18.0 Å². The van der Waals surface area contributed by atoms with Gasteiger partial charge in [0.1, 0.15) is 6.04 Å². The van der Waals surface area contributed by atoms with E-state index in [0.717, 1.165) is 12.0 Å². The number of carbonyl (C=O) groups excluding carboxylic acids is 2. The Morgan fingerprint density at radius 1 is 0.941 bits per heavy atom. The second-order valence-corrected chi connectivity index (χ2v) is 10.5. The molecule has 0 aliphatic heterocycles. The fraction of sp³-hybridized carbons (Fsp3) is 0.462. The molecule has 7 nitrogen and oxygen atoms in total. The molecule has 2 atom stereocenters. The van der Waals surface area contributed by atoms with Crippen molar-refractivity contribution in [2.45, 2.75) is 70.0 Å². The third-order valence-corrected chi connectivity index (χ3v) is 7.77. The molecule has 0 aliphatic carbocycles. The number of hydrogen-bond donors (Lipinski definition) is 1. The summed E-state index contributed by atoms with van der Waals surface area (Å²) in [4.78, 5) is 28.1. The Balaban J connectivity index is 2.10. The Hall–Kier alpha value is -2.71. The first-order chi connectivity index (χ1) is 16.2. The van der Waals surface area contributed by atoms with Crippen molar-refractivity contribution in [3.63, 3.8) is 0 Å². The average Bonchev–Trinajstić information content (AvgIpc) is 2.84. The molecule has 34 heavy (non-hydrogen) atoms. The van der Waals surface area contributed by atoms with Crippen LogP contribution >= 0.6 is 0 Å². The van der Waals surface area contributed by atoms with E-state index in [0.29, 0.717) is 19.4 Å². The van der Waals surface area contributed by atoms with E-state index < -0.39 is 16.1 Å². The first-order valence-electron chi connectivity index (χ1n) is 11.9. The number of nitrogens with one attached hydrogen (secondary N) is 1. The Kier molecular flexibility index (Phi) is 10.7. The Labute approximate surface area is 204 Å². The summed E-state index contributed by atoms with van der Waals surface area (Å²) >= 11 is 0. The van der Waals surface area contributed by atoms with Crippen LogP contribution in [0.5, 0.6) is 0 Å². The maximum atomic E-state index is 13.3.